The largest absolute Gasteiger partial charge is 0.351 e. The van der Waals surface area contributed by atoms with Crippen molar-refractivity contribution in [2.45, 2.75) is 37.6 Å². The maximum absolute atomic E-state index is 13.3. The van der Waals surface area contributed by atoms with Gasteiger partial charge >= 0.3 is 0 Å². The third kappa shape index (κ3) is 5.86. The number of para-hydroxylation sites is 1. The average molecular weight is 499 g/mol. The van der Waals surface area contributed by atoms with Crippen molar-refractivity contribution < 1.29 is 4.79 Å². The zero-order valence-corrected chi connectivity index (χ0v) is 21.2. The maximum atomic E-state index is 13.3. The lowest BCUT2D eigenvalue weighted by Crippen LogP contribution is -2.38. The molecule has 7 heteroatoms. The van der Waals surface area contributed by atoms with Crippen LogP contribution in [0.1, 0.15) is 23.1 Å². The summed E-state index contributed by atoms with van der Waals surface area (Å²) in [7, 11) is 0. The fourth-order valence-corrected chi connectivity index (χ4v) is 5.42. The van der Waals surface area contributed by atoms with Crippen molar-refractivity contribution in [3.8, 4) is 0 Å². The standard InChI is InChI=1S/C29H30N4O2S/c1-21-11-13-23(14-12-21)18-33-28(35)25-9-5-6-10-26(25)31-29(33)36-20-27(34)30-24-15-16-32(19-24)17-22-7-3-2-4-8-22/h2-14,24H,15-20H2,1H3,(H,30,34)/t24-/m1/s1. The lowest BCUT2D eigenvalue weighted by Gasteiger charge is -2.17. The SMILES string of the molecule is Cc1ccc(Cn2c(SCC(=O)N[C@@H]3CCN(Cc4ccccc4)C3)nc3ccccc3c2=O)cc1. The highest BCUT2D eigenvalue weighted by molar-refractivity contribution is 7.99. The van der Waals surface area contributed by atoms with Crippen molar-refractivity contribution in [2.24, 2.45) is 0 Å². The van der Waals surface area contributed by atoms with Crippen molar-refractivity contribution in [3.05, 3.63) is 106 Å². The Morgan fingerprint density at radius 1 is 0.972 bits per heavy atom. The topological polar surface area (TPSA) is 67.2 Å². The highest BCUT2D eigenvalue weighted by atomic mass is 32.2. The molecule has 0 saturated carbocycles. The smallest absolute Gasteiger partial charge is 0.262 e. The van der Waals surface area contributed by atoms with E-state index in [0.717, 1.165) is 31.6 Å². The van der Waals surface area contributed by atoms with E-state index in [-0.39, 0.29) is 23.3 Å². The minimum atomic E-state index is -0.0866. The first kappa shape index (κ1) is 24.3. The predicted octanol–water partition coefficient (Wildman–Crippen LogP) is 4.24. The van der Waals surface area contributed by atoms with Gasteiger partial charge in [-0.1, -0.05) is 84.1 Å². The Bertz CT molecular complexity index is 1400. The van der Waals surface area contributed by atoms with Gasteiger partial charge in [0.1, 0.15) is 0 Å². The van der Waals surface area contributed by atoms with Gasteiger partial charge in [-0.3, -0.25) is 19.1 Å². The van der Waals surface area contributed by atoms with Gasteiger partial charge in [0.2, 0.25) is 5.91 Å². The molecule has 0 bridgehead atoms. The fraction of sp³-hybridized carbons (Fsp3) is 0.276. The van der Waals surface area contributed by atoms with Crippen LogP contribution >= 0.6 is 11.8 Å². The Balaban J connectivity index is 1.25. The number of likely N-dealkylation sites (tertiary alicyclic amines) is 1. The molecule has 5 rings (SSSR count). The summed E-state index contributed by atoms with van der Waals surface area (Å²) in [5.41, 5.74) is 4.04. The number of amides is 1. The highest BCUT2D eigenvalue weighted by Crippen LogP contribution is 2.20. The molecule has 1 saturated heterocycles. The van der Waals surface area contributed by atoms with Crippen LogP contribution in [0.4, 0.5) is 0 Å². The molecule has 1 aliphatic heterocycles. The molecule has 3 aromatic carbocycles. The van der Waals surface area contributed by atoms with Crippen LogP contribution < -0.4 is 10.9 Å². The predicted molar refractivity (Wildman–Crippen MR) is 145 cm³/mol. The monoisotopic (exact) mass is 498 g/mol. The van der Waals surface area contributed by atoms with E-state index < -0.39 is 0 Å². The van der Waals surface area contributed by atoms with Crippen LogP contribution in [0, 0.1) is 6.92 Å². The molecule has 1 aliphatic rings. The van der Waals surface area contributed by atoms with E-state index in [1.807, 2.05) is 55.5 Å². The molecule has 1 aromatic heterocycles. The van der Waals surface area contributed by atoms with E-state index in [1.54, 1.807) is 10.6 Å². The molecule has 1 atom stereocenters. The highest BCUT2D eigenvalue weighted by Gasteiger charge is 2.24. The van der Waals surface area contributed by atoms with Gasteiger partial charge in [-0.2, -0.15) is 0 Å². The summed E-state index contributed by atoms with van der Waals surface area (Å²) >= 11 is 1.32. The maximum Gasteiger partial charge on any atom is 0.262 e. The Morgan fingerprint density at radius 3 is 2.50 bits per heavy atom. The first-order valence-corrected chi connectivity index (χ1v) is 13.3. The van der Waals surface area contributed by atoms with E-state index in [2.05, 4.69) is 34.5 Å². The molecule has 0 aliphatic carbocycles. The number of aryl methyl sites for hydroxylation is 1. The molecule has 0 radical (unpaired) electrons. The van der Waals surface area contributed by atoms with Crippen molar-refractivity contribution in [3.63, 3.8) is 0 Å². The van der Waals surface area contributed by atoms with Gasteiger partial charge in [-0.25, -0.2) is 4.98 Å². The summed E-state index contributed by atoms with van der Waals surface area (Å²) in [6.07, 6.45) is 0.940. The number of nitrogens with zero attached hydrogens (tertiary/aromatic N) is 3. The fourth-order valence-electron chi connectivity index (χ4n) is 4.61. The molecule has 1 fully saturated rings. The molecule has 0 spiro atoms. The summed E-state index contributed by atoms with van der Waals surface area (Å²) < 4.78 is 1.68. The third-order valence-electron chi connectivity index (χ3n) is 6.51. The van der Waals surface area contributed by atoms with Crippen LogP contribution in [0.2, 0.25) is 0 Å². The normalized spacial score (nSPS) is 15.9. The van der Waals surface area contributed by atoms with Crippen LogP contribution in [-0.4, -0.2) is 45.2 Å². The minimum Gasteiger partial charge on any atom is -0.351 e. The summed E-state index contributed by atoms with van der Waals surface area (Å²) in [5.74, 6) is 0.185. The minimum absolute atomic E-state index is 0.0316. The van der Waals surface area contributed by atoms with Crippen LogP contribution in [-0.2, 0) is 17.9 Å². The van der Waals surface area contributed by atoms with Crippen LogP contribution in [0.5, 0.6) is 0 Å². The summed E-state index contributed by atoms with van der Waals surface area (Å²) in [5, 5.41) is 4.32. The zero-order valence-electron chi connectivity index (χ0n) is 20.4. The average Bonchev–Trinajstić information content (AvgIpc) is 3.33. The zero-order chi connectivity index (χ0) is 24.9. The van der Waals surface area contributed by atoms with Gasteiger partial charge < -0.3 is 5.32 Å². The number of rotatable bonds is 8. The molecule has 4 aromatic rings. The molecule has 6 nitrogen and oxygen atoms in total. The molecular formula is C29H30N4O2S. The van der Waals surface area contributed by atoms with E-state index in [1.165, 1.54) is 22.9 Å². The van der Waals surface area contributed by atoms with Crippen LogP contribution in [0.25, 0.3) is 10.9 Å². The van der Waals surface area contributed by atoms with Crippen molar-refractivity contribution in [1.82, 2.24) is 19.8 Å². The van der Waals surface area contributed by atoms with Crippen molar-refractivity contribution >= 4 is 28.6 Å². The van der Waals surface area contributed by atoms with E-state index in [4.69, 9.17) is 4.98 Å². The molecule has 1 N–H and O–H groups in total. The summed E-state index contributed by atoms with van der Waals surface area (Å²) in [6, 6.07) is 26.1. The molecule has 1 amide bonds. The number of carbonyl (C=O) groups is 1. The van der Waals surface area contributed by atoms with Gasteiger partial charge in [0.05, 0.1) is 23.2 Å². The Labute approximate surface area is 215 Å². The lowest BCUT2D eigenvalue weighted by molar-refractivity contribution is -0.119. The summed E-state index contributed by atoms with van der Waals surface area (Å²) in [4.78, 5) is 33.3. The Morgan fingerprint density at radius 2 is 1.69 bits per heavy atom. The van der Waals surface area contributed by atoms with Crippen molar-refractivity contribution in [2.75, 3.05) is 18.8 Å². The van der Waals surface area contributed by atoms with Gasteiger partial charge in [0.25, 0.3) is 5.56 Å². The molecule has 36 heavy (non-hydrogen) atoms. The number of hydrogen-bond donors (Lipinski definition) is 1. The first-order valence-electron chi connectivity index (χ1n) is 12.3. The van der Waals surface area contributed by atoms with Gasteiger partial charge in [-0.15, -0.1) is 0 Å². The second kappa shape index (κ2) is 11.1. The lowest BCUT2D eigenvalue weighted by atomic mass is 10.1. The molecule has 2 heterocycles. The number of thioether (sulfide) groups is 1. The second-order valence-electron chi connectivity index (χ2n) is 9.35. The molecular weight excluding hydrogens is 468 g/mol. The number of fused-ring (bicyclic) bond motifs is 1. The van der Waals surface area contributed by atoms with E-state index in [9.17, 15) is 9.59 Å². The second-order valence-corrected chi connectivity index (χ2v) is 10.3. The number of nitrogens with one attached hydrogen (secondary N) is 1. The van der Waals surface area contributed by atoms with E-state index >= 15 is 0 Å². The Hall–Kier alpha value is -3.42. The third-order valence-corrected chi connectivity index (χ3v) is 7.48. The van der Waals surface area contributed by atoms with Crippen molar-refractivity contribution in [1.29, 1.82) is 0 Å². The van der Waals surface area contributed by atoms with Crippen LogP contribution in [0.15, 0.2) is 88.8 Å². The van der Waals surface area contributed by atoms with Crippen LogP contribution in [0.3, 0.4) is 0 Å². The first-order chi connectivity index (χ1) is 17.5. The number of hydrogen-bond acceptors (Lipinski definition) is 5. The van der Waals surface area contributed by atoms with Gasteiger partial charge in [0, 0.05) is 25.7 Å². The summed E-state index contributed by atoms with van der Waals surface area (Å²) in [6.45, 7) is 5.16. The number of carbonyl (C=O) groups excluding carboxylic acids is 1. The molecule has 184 valence electrons. The van der Waals surface area contributed by atoms with Gasteiger partial charge in [0.15, 0.2) is 5.16 Å². The Kier molecular flexibility index (Phi) is 7.49. The molecule has 0 unspecified atom stereocenters. The number of aromatic nitrogens is 2. The number of benzene rings is 3. The van der Waals surface area contributed by atoms with Gasteiger partial charge in [-0.05, 0) is 36.6 Å². The van der Waals surface area contributed by atoms with E-state index in [0.29, 0.717) is 22.6 Å². The quantitative estimate of drug-likeness (QED) is 0.291.